The van der Waals surface area contributed by atoms with Crippen molar-refractivity contribution < 1.29 is 31.1 Å². The first-order valence-electron chi connectivity index (χ1n) is 10.3. The zero-order valence-electron chi connectivity index (χ0n) is 17.8. The Morgan fingerprint density at radius 3 is 2.29 bits per heavy atom. The summed E-state index contributed by atoms with van der Waals surface area (Å²) in [7, 11) is -3.61. The first kappa shape index (κ1) is 23.9. The number of nitrogens with zero attached hydrogens (tertiary/aromatic N) is 3. The van der Waals surface area contributed by atoms with Crippen LogP contribution >= 0.6 is 0 Å². The summed E-state index contributed by atoms with van der Waals surface area (Å²) in [6.45, 7) is 1.36. The van der Waals surface area contributed by atoms with Gasteiger partial charge in [0.25, 0.3) is 5.91 Å². The van der Waals surface area contributed by atoms with Crippen LogP contribution in [0.2, 0.25) is 0 Å². The summed E-state index contributed by atoms with van der Waals surface area (Å²) >= 11 is 0. The molecule has 2 aromatic carbocycles. The summed E-state index contributed by atoms with van der Waals surface area (Å²) in [6, 6.07) is 10.7. The standard InChI is InChI=1S/C22H21F3N4O4S/c23-22(24,25)17-3-1-16(2-4-17)13-26-21(30)20-14-28(15-27-20)18-5-7-19(8-6-18)34(31,32)29-9-11-33-12-10-29/h1-8,14-15H,9-13H2,(H,26,30). The summed E-state index contributed by atoms with van der Waals surface area (Å²) < 4.78 is 71.5. The number of sulfonamides is 1. The number of carbonyl (C=O) groups excluding carboxylic acids is 1. The highest BCUT2D eigenvalue weighted by Crippen LogP contribution is 2.29. The van der Waals surface area contributed by atoms with Gasteiger partial charge in [0.05, 0.1) is 23.7 Å². The number of halogens is 3. The highest BCUT2D eigenvalue weighted by Gasteiger charge is 2.30. The molecular weight excluding hydrogens is 473 g/mol. The average Bonchev–Trinajstić information content (AvgIpc) is 3.33. The molecule has 1 N–H and O–H groups in total. The second-order valence-corrected chi connectivity index (χ2v) is 9.49. The third-order valence-electron chi connectivity index (χ3n) is 5.29. The SMILES string of the molecule is O=C(NCc1ccc(C(F)(F)F)cc1)c1cn(-c2ccc(S(=O)(=O)N3CCOCC3)cc2)cn1. The molecule has 0 spiro atoms. The van der Waals surface area contributed by atoms with Crippen LogP contribution in [-0.2, 0) is 27.5 Å². The van der Waals surface area contributed by atoms with Gasteiger partial charge in [0, 0.05) is 31.5 Å². The molecular formula is C22H21F3N4O4S. The number of nitrogens with one attached hydrogen (secondary N) is 1. The van der Waals surface area contributed by atoms with Crippen molar-refractivity contribution in [2.24, 2.45) is 0 Å². The summed E-state index contributed by atoms with van der Waals surface area (Å²) in [5.41, 5.74) is 0.468. The van der Waals surface area contributed by atoms with E-state index in [2.05, 4.69) is 10.3 Å². The summed E-state index contributed by atoms with van der Waals surface area (Å²) in [5, 5.41) is 2.61. The molecule has 3 aromatic rings. The Morgan fingerprint density at radius 2 is 1.68 bits per heavy atom. The van der Waals surface area contributed by atoms with Crippen LogP contribution in [0.1, 0.15) is 21.6 Å². The summed E-state index contributed by atoms with van der Waals surface area (Å²) in [6.07, 6.45) is -1.52. The fourth-order valence-electron chi connectivity index (χ4n) is 3.39. The minimum absolute atomic E-state index is 0.0396. The maximum atomic E-state index is 12.7. The number of rotatable bonds is 6. The van der Waals surface area contributed by atoms with Crippen molar-refractivity contribution in [2.45, 2.75) is 17.6 Å². The van der Waals surface area contributed by atoms with E-state index in [1.54, 1.807) is 16.7 Å². The van der Waals surface area contributed by atoms with E-state index in [4.69, 9.17) is 4.74 Å². The van der Waals surface area contributed by atoms with E-state index < -0.39 is 27.7 Å². The van der Waals surface area contributed by atoms with E-state index in [1.807, 2.05) is 0 Å². The van der Waals surface area contributed by atoms with E-state index in [0.717, 1.165) is 12.1 Å². The third kappa shape index (κ3) is 5.29. The molecule has 1 aliphatic heterocycles. The molecule has 180 valence electrons. The van der Waals surface area contributed by atoms with Crippen LogP contribution in [0.25, 0.3) is 5.69 Å². The van der Waals surface area contributed by atoms with E-state index in [-0.39, 0.29) is 17.1 Å². The van der Waals surface area contributed by atoms with Gasteiger partial charge >= 0.3 is 6.18 Å². The number of carbonyl (C=O) groups is 1. The Bertz CT molecular complexity index is 1250. The normalized spacial score (nSPS) is 15.3. The Kier molecular flexibility index (Phi) is 6.73. The molecule has 0 radical (unpaired) electrons. The minimum atomic E-state index is -4.42. The molecule has 0 unspecified atom stereocenters. The molecule has 1 fully saturated rings. The largest absolute Gasteiger partial charge is 0.416 e. The zero-order valence-corrected chi connectivity index (χ0v) is 18.6. The smallest absolute Gasteiger partial charge is 0.379 e. The maximum Gasteiger partial charge on any atom is 0.416 e. The average molecular weight is 494 g/mol. The van der Waals surface area contributed by atoms with E-state index in [0.29, 0.717) is 37.6 Å². The number of alkyl halides is 3. The number of imidazole rings is 1. The third-order valence-corrected chi connectivity index (χ3v) is 7.21. The maximum absolute atomic E-state index is 12.7. The molecule has 1 amide bonds. The van der Waals surface area contributed by atoms with Crippen molar-refractivity contribution in [1.82, 2.24) is 19.2 Å². The highest BCUT2D eigenvalue weighted by molar-refractivity contribution is 7.89. The second kappa shape index (κ2) is 9.57. The van der Waals surface area contributed by atoms with Gasteiger partial charge in [-0.25, -0.2) is 13.4 Å². The minimum Gasteiger partial charge on any atom is -0.379 e. The fourth-order valence-corrected chi connectivity index (χ4v) is 4.80. The van der Waals surface area contributed by atoms with Crippen molar-refractivity contribution >= 4 is 15.9 Å². The van der Waals surface area contributed by atoms with E-state index in [9.17, 15) is 26.4 Å². The van der Waals surface area contributed by atoms with Crippen LogP contribution in [-0.4, -0.2) is 54.5 Å². The molecule has 0 atom stereocenters. The van der Waals surface area contributed by atoms with Gasteiger partial charge in [0.15, 0.2) is 0 Å². The van der Waals surface area contributed by atoms with Crippen molar-refractivity contribution in [3.8, 4) is 5.69 Å². The van der Waals surface area contributed by atoms with Gasteiger partial charge < -0.3 is 14.6 Å². The molecule has 4 rings (SSSR count). The van der Waals surface area contributed by atoms with Crippen LogP contribution in [0.15, 0.2) is 66.0 Å². The van der Waals surface area contributed by atoms with Gasteiger partial charge in [0.2, 0.25) is 10.0 Å². The molecule has 12 heteroatoms. The first-order chi connectivity index (χ1) is 16.1. The molecule has 2 heterocycles. The van der Waals surface area contributed by atoms with Gasteiger partial charge in [0.1, 0.15) is 12.0 Å². The van der Waals surface area contributed by atoms with Crippen LogP contribution in [0.3, 0.4) is 0 Å². The topological polar surface area (TPSA) is 93.5 Å². The molecule has 0 saturated carbocycles. The van der Waals surface area contributed by atoms with Gasteiger partial charge in [-0.15, -0.1) is 0 Å². The number of hydrogen-bond acceptors (Lipinski definition) is 5. The predicted octanol–water partition coefficient (Wildman–Crippen LogP) is 2.84. The molecule has 8 nitrogen and oxygen atoms in total. The number of morpholine rings is 1. The predicted molar refractivity (Wildman–Crippen MR) is 116 cm³/mol. The lowest BCUT2D eigenvalue weighted by molar-refractivity contribution is -0.137. The Hall–Kier alpha value is -3.22. The molecule has 1 aromatic heterocycles. The van der Waals surface area contributed by atoms with Gasteiger partial charge in [-0.2, -0.15) is 17.5 Å². The Labute approximate surface area is 194 Å². The lowest BCUT2D eigenvalue weighted by Gasteiger charge is -2.26. The highest BCUT2D eigenvalue weighted by atomic mass is 32.2. The molecule has 34 heavy (non-hydrogen) atoms. The lowest BCUT2D eigenvalue weighted by Crippen LogP contribution is -2.40. The molecule has 1 aliphatic rings. The Morgan fingerprint density at radius 1 is 1.03 bits per heavy atom. The molecule has 0 bridgehead atoms. The number of amides is 1. The second-order valence-electron chi connectivity index (χ2n) is 7.55. The van der Waals surface area contributed by atoms with Gasteiger partial charge in [-0.3, -0.25) is 4.79 Å². The number of hydrogen-bond donors (Lipinski definition) is 1. The van der Waals surface area contributed by atoms with E-state index >= 15 is 0 Å². The number of benzene rings is 2. The number of aromatic nitrogens is 2. The zero-order chi connectivity index (χ0) is 24.3. The van der Waals surface area contributed by atoms with Gasteiger partial charge in [-0.05, 0) is 42.0 Å². The summed E-state index contributed by atoms with van der Waals surface area (Å²) in [5.74, 6) is -0.495. The van der Waals surface area contributed by atoms with Crippen molar-refractivity contribution in [3.05, 3.63) is 77.9 Å². The van der Waals surface area contributed by atoms with Crippen LogP contribution in [0.5, 0.6) is 0 Å². The van der Waals surface area contributed by atoms with Crippen LogP contribution in [0, 0.1) is 0 Å². The molecule has 1 saturated heterocycles. The first-order valence-corrected chi connectivity index (χ1v) is 11.8. The van der Waals surface area contributed by atoms with Crippen molar-refractivity contribution in [3.63, 3.8) is 0 Å². The van der Waals surface area contributed by atoms with E-state index in [1.165, 1.54) is 41.1 Å². The van der Waals surface area contributed by atoms with Crippen molar-refractivity contribution in [2.75, 3.05) is 26.3 Å². The van der Waals surface area contributed by atoms with Crippen molar-refractivity contribution in [1.29, 1.82) is 0 Å². The van der Waals surface area contributed by atoms with Crippen LogP contribution in [0.4, 0.5) is 13.2 Å². The van der Waals surface area contributed by atoms with Crippen LogP contribution < -0.4 is 5.32 Å². The summed E-state index contributed by atoms with van der Waals surface area (Å²) in [4.78, 5) is 16.6. The monoisotopic (exact) mass is 494 g/mol. The fraction of sp³-hybridized carbons (Fsp3) is 0.273. The van der Waals surface area contributed by atoms with Gasteiger partial charge in [-0.1, -0.05) is 12.1 Å². The number of ether oxygens (including phenoxy) is 1. The quantitative estimate of drug-likeness (QED) is 0.569. The molecule has 0 aliphatic carbocycles. The lowest BCUT2D eigenvalue weighted by atomic mass is 10.1. The Balaban J connectivity index is 1.39.